The lowest BCUT2D eigenvalue weighted by Gasteiger charge is -2.24. The van der Waals surface area contributed by atoms with Crippen molar-refractivity contribution in [1.82, 2.24) is 4.90 Å². The largest absolute Gasteiger partial charge is 0.481 e. The second-order valence-electron chi connectivity index (χ2n) is 4.86. The molecule has 1 aromatic rings. The van der Waals surface area contributed by atoms with E-state index in [-0.39, 0.29) is 6.42 Å². The summed E-state index contributed by atoms with van der Waals surface area (Å²) in [6.45, 7) is 1.84. The number of aliphatic carboxylic acids is 1. The van der Waals surface area contributed by atoms with Gasteiger partial charge in [-0.15, -0.1) is 0 Å². The summed E-state index contributed by atoms with van der Waals surface area (Å²) >= 11 is 12.0. The first-order chi connectivity index (χ1) is 9.08. The van der Waals surface area contributed by atoms with Crippen molar-refractivity contribution in [3.63, 3.8) is 0 Å². The molecule has 0 saturated carbocycles. The summed E-state index contributed by atoms with van der Waals surface area (Å²) in [5.74, 6) is -0.731. The van der Waals surface area contributed by atoms with E-state index in [1.54, 1.807) is 0 Å². The predicted molar refractivity (Wildman–Crippen MR) is 76.9 cm³/mol. The van der Waals surface area contributed by atoms with E-state index in [4.69, 9.17) is 28.3 Å². The van der Waals surface area contributed by atoms with Crippen LogP contribution in [0.15, 0.2) is 18.2 Å². The Morgan fingerprint density at radius 1 is 1.37 bits per heavy atom. The Bertz CT molecular complexity index is 465. The van der Waals surface area contributed by atoms with Crippen molar-refractivity contribution >= 4 is 29.2 Å². The Morgan fingerprint density at radius 3 is 2.84 bits per heavy atom. The molecule has 1 heterocycles. The molecule has 3 nitrogen and oxygen atoms in total. The highest BCUT2D eigenvalue weighted by Gasteiger charge is 2.25. The fourth-order valence-electron chi connectivity index (χ4n) is 2.62. The number of carboxylic acids is 1. The molecule has 0 spiro atoms. The van der Waals surface area contributed by atoms with E-state index in [9.17, 15) is 4.79 Å². The molecular weight excluding hydrogens is 285 g/mol. The van der Waals surface area contributed by atoms with Gasteiger partial charge in [0.15, 0.2) is 0 Å². The van der Waals surface area contributed by atoms with E-state index in [1.807, 2.05) is 18.2 Å². The fourth-order valence-corrected chi connectivity index (χ4v) is 2.93. The molecule has 1 saturated heterocycles. The smallest absolute Gasteiger partial charge is 0.303 e. The lowest BCUT2D eigenvalue weighted by molar-refractivity contribution is -0.137. The Hall–Kier alpha value is -0.770. The first-order valence-corrected chi connectivity index (χ1v) is 7.24. The molecule has 0 aromatic heterocycles. The summed E-state index contributed by atoms with van der Waals surface area (Å²) in [5.41, 5.74) is 1.17. The number of likely N-dealkylation sites (tertiary alicyclic amines) is 1. The van der Waals surface area contributed by atoms with Gasteiger partial charge in [-0.1, -0.05) is 29.3 Å². The number of carboxylic acid groups (broad SMARTS) is 1. The zero-order chi connectivity index (χ0) is 13.8. The van der Waals surface area contributed by atoms with Crippen molar-refractivity contribution in [3.05, 3.63) is 33.8 Å². The van der Waals surface area contributed by atoms with Crippen molar-refractivity contribution in [2.45, 2.75) is 31.7 Å². The maximum absolute atomic E-state index is 10.6. The quantitative estimate of drug-likeness (QED) is 0.894. The van der Waals surface area contributed by atoms with Crippen LogP contribution in [-0.4, -0.2) is 29.1 Å². The van der Waals surface area contributed by atoms with E-state index in [0.717, 1.165) is 25.9 Å². The molecule has 1 fully saturated rings. The van der Waals surface area contributed by atoms with Crippen molar-refractivity contribution in [3.8, 4) is 0 Å². The monoisotopic (exact) mass is 301 g/mol. The van der Waals surface area contributed by atoms with Crippen molar-refractivity contribution in [2.75, 3.05) is 13.1 Å². The van der Waals surface area contributed by atoms with Gasteiger partial charge < -0.3 is 5.11 Å². The molecule has 1 atom stereocenters. The van der Waals surface area contributed by atoms with Gasteiger partial charge in [0.25, 0.3) is 0 Å². The lowest BCUT2D eigenvalue weighted by atomic mass is 10.0. The Morgan fingerprint density at radius 2 is 2.16 bits per heavy atom. The van der Waals surface area contributed by atoms with Gasteiger partial charge in [0, 0.05) is 12.5 Å². The van der Waals surface area contributed by atoms with Gasteiger partial charge in [-0.3, -0.25) is 9.69 Å². The van der Waals surface area contributed by atoms with Crippen molar-refractivity contribution in [1.29, 1.82) is 0 Å². The molecule has 1 aromatic carbocycles. The molecule has 1 aliphatic heterocycles. The summed E-state index contributed by atoms with van der Waals surface area (Å²) < 4.78 is 0. The van der Waals surface area contributed by atoms with Crippen LogP contribution < -0.4 is 0 Å². The van der Waals surface area contributed by atoms with E-state index < -0.39 is 5.97 Å². The Balaban J connectivity index is 2.01. The van der Waals surface area contributed by atoms with Crippen LogP contribution in [-0.2, 0) is 4.79 Å². The fraction of sp³-hybridized carbons (Fsp3) is 0.500. The van der Waals surface area contributed by atoms with Crippen LogP contribution >= 0.6 is 23.2 Å². The van der Waals surface area contributed by atoms with Gasteiger partial charge >= 0.3 is 5.97 Å². The summed E-state index contributed by atoms with van der Waals surface area (Å²) in [4.78, 5) is 12.9. The Labute approximate surface area is 123 Å². The van der Waals surface area contributed by atoms with Crippen LogP contribution in [0.1, 0.15) is 37.3 Å². The maximum Gasteiger partial charge on any atom is 0.303 e. The standard InChI is InChI=1S/C14H17Cl2NO2/c15-11-6-5-10(9-12(11)16)13-3-1-7-17(13)8-2-4-14(18)19/h5-6,9,13H,1-4,7-8H2,(H,18,19). The number of nitrogens with zero attached hydrogens (tertiary/aromatic N) is 1. The van der Waals surface area contributed by atoms with Crippen LogP contribution in [0.2, 0.25) is 10.0 Å². The lowest BCUT2D eigenvalue weighted by Crippen LogP contribution is -2.24. The number of benzene rings is 1. The highest BCUT2D eigenvalue weighted by molar-refractivity contribution is 6.42. The third-order valence-electron chi connectivity index (χ3n) is 3.53. The van der Waals surface area contributed by atoms with E-state index in [2.05, 4.69) is 4.90 Å². The first-order valence-electron chi connectivity index (χ1n) is 6.48. The zero-order valence-electron chi connectivity index (χ0n) is 10.6. The molecule has 104 valence electrons. The topological polar surface area (TPSA) is 40.5 Å². The van der Waals surface area contributed by atoms with Crippen LogP contribution in [0.4, 0.5) is 0 Å². The molecule has 1 unspecified atom stereocenters. The Kier molecular flexibility index (Phi) is 5.08. The predicted octanol–water partition coefficient (Wildman–Crippen LogP) is 4.00. The third-order valence-corrected chi connectivity index (χ3v) is 4.27. The molecule has 2 rings (SSSR count). The molecule has 1 N–H and O–H groups in total. The highest BCUT2D eigenvalue weighted by atomic mass is 35.5. The number of hydrogen-bond donors (Lipinski definition) is 1. The second-order valence-corrected chi connectivity index (χ2v) is 5.68. The van der Waals surface area contributed by atoms with Gasteiger partial charge in [-0.05, 0) is 50.0 Å². The normalized spacial score (nSPS) is 19.8. The molecule has 5 heteroatoms. The third kappa shape index (κ3) is 3.85. The second kappa shape index (κ2) is 6.60. The molecule has 1 aliphatic rings. The molecular formula is C14H17Cl2NO2. The average molecular weight is 302 g/mol. The summed E-state index contributed by atoms with van der Waals surface area (Å²) in [6.07, 6.45) is 3.14. The SMILES string of the molecule is O=C(O)CCCN1CCCC1c1ccc(Cl)c(Cl)c1. The van der Waals surface area contributed by atoms with Gasteiger partial charge in [-0.2, -0.15) is 0 Å². The number of carbonyl (C=O) groups is 1. The van der Waals surface area contributed by atoms with Gasteiger partial charge in [0.2, 0.25) is 0 Å². The van der Waals surface area contributed by atoms with Gasteiger partial charge in [0.1, 0.15) is 0 Å². The summed E-state index contributed by atoms with van der Waals surface area (Å²) in [6, 6.07) is 6.09. The van der Waals surface area contributed by atoms with E-state index >= 15 is 0 Å². The first kappa shape index (κ1) is 14.6. The minimum atomic E-state index is -0.731. The van der Waals surface area contributed by atoms with Crippen LogP contribution in [0.5, 0.6) is 0 Å². The van der Waals surface area contributed by atoms with Gasteiger partial charge in [-0.25, -0.2) is 0 Å². The van der Waals surface area contributed by atoms with Crippen LogP contribution in [0, 0.1) is 0 Å². The van der Waals surface area contributed by atoms with Crippen LogP contribution in [0.25, 0.3) is 0 Å². The van der Waals surface area contributed by atoms with Crippen molar-refractivity contribution < 1.29 is 9.90 Å². The number of hydrogen-bond acceptors (Lipinski definition) is 2. The molecule has 19 heavy (non-hydrogen) atoms. The highest BCUT2D eigenvalue weighted by Crippen LogP contribution is 2.34. The molecule has 0 radical (unpaired) electrons. The van der Waals surface area contributed by atoms with E-state index in [1.165, 1.54) is 5.56 Å². The molecule has 0 bridgehead atoms. The summed E-state index contributed by atoms with van der Waals surface area (Å²) in [5, 5.41) is 9.84. The molecule has 0 aliphatic carbocycles. The summed E-state index contributed by atoms with van der Waals surface area (Å²) in [7, 11) is 0. The molecule has 0 amide bonds. The maximum atomic E-state index is 10.6. The number of rotatable bonds is 5. The van der Waals surface area contributed by atoms with Crippen molar-refractivity contribution in [2.24, 2.45) is 0 Å². The minimum Gasteiger partial charge on any atom is -0.481 e. The average Bonchev–Trinajstić information content (AvgIpc) is 2.80. The number of halogens is 2. The van der Waals surface area contributed by atoms with Gasteiger partial charge in [0.05, 0.1) is 10.0 Å². The van der Waals surface area contributed by atoms with Crippen LogP contribution in [0.3, 0.4) is 0 Å². The van der Waals surface area contributed by atoms with E-state index in [0.29, 0.717) is 22.5 Å². The zero-order valence-corrected chi connectivity index (χ0v) is 12.1. The minimum absolute atomic E-state index is 0.227.